The van der Waals surface area contributed by atoms with Crippen LogP contribution in [0.3, 0.4) is 0 Å². The van der Waals surface area contributed by atoms with Crippen LogP contribution >= 0.6 is 0 Å². The number of carbonyl (C=O) groups is 2. The Morgan fingerprint density at radius 1 is 1.04 bits per heavy atom. The maximum Gasteiger partial charge on any atom is 0.307 e. The largest absolute Gasteiger partial charge is 0.508 e. The number of aliphatic carboxylic acids is 1. The van der Waals surface area contributed by atoms with Crippen LogP contribution in [0, 0.1) is 5.92 Å². The Bertz CT molecular complexity index is 1000. The van der Waals surface area contributed by atoms with Gasteiger partial charge in [-0.25, -0.2) is 0 Å². The van der Waals surface area contributed by atoms with E-state index in [2.05, 4.69) is 4.98 Å². The number of aromatic amines is 1. The Labute approximate surface area is 155 Å². The van der Waals surface area contributed by atoms with E-state index in [-0.39, 0.29) is 30.1 Å². The molecule has 0 amide bonds. The lowest BCUT2D eigenvalue weighted by Gasteiger charge is -2.10. The molecule has 4 N–H and O–H groups in total. The van der Waals surface area contributed by atoms with Crippen molar-refractivity contribution in [3.05, 3.63) is 65.9 Å². The summed E-state index contributed by atoms with van der Waals surface area (Å²) in [7, 11) is 0. The summed E-state index contributed by atoms with van der Waals surface area (Å²) in [4.78, 5) is 26.9. The lowest BCUT2D eigenvalue weighted by Crippen LogP contribution is -2.19. The number of allylic oxidation sites excluding steroid dienone is 1. The molecule has 6 heteroatoms. The normalized spacial score (nSPS) is 12.4. The highest BCUT2D eigenvalue weighted by atomic mass is 16.4. The first kappa shape index (κ1) is 18.3. The SMILES string of the molecule is O=C(/C=C/c1ccc(O)cc1)C[C@@H](Cc1c[nH]c2ccc(O)cc12)C(=O)O. The second-order valence-electron chi connectivity index (χ2n) is 6.38. The first-order valence-electron chi connectivity index (χ1n) is 8.44. The van der Waals surface area contributed by atoms with Crippen LogP contribution in [0.5, 0.6) is 11.5 Å². The molecular weight excluding hydrogens is 346 g/mol. The molecule has 0 fully saturated rings. The van der Waals surface area contributed by atoms with E-state index >= 15 is 0 Å². The highest BCUT2D eigenvalue weighted by Crippen LogP contribution is 2.26. The number of ketones is 1. The molecule has 0 spiro atoms. The summed E-state index contributed by atoms with van der Waals surface area (Å²) in [5, 5.41) is 29.1. The van der Waals surface area contributed by atoms with Crippen molar-refractivity contribution in [1.82, 2.24) is 4.98 Å². The van der Waals surface area contributed by atoms with E-state index in [1.54, 1.807) is 42.6 Å². The molecule has 1 aromatic heterocycles. The Morgan fingerprint density at radius 2 is 1.74 bits per heavy atom. The number of rotatable bonds is 7. The number of H-pyrrole nitrogens is 1. The van der Waals surface area contributed by atoms with Crippen molar-refractivity contribution in [2.24, 2.45) is 5.92 Å². The zero-order chi connectivity index (χ0) is 19.4. The van der Waals surface area contributed by atoms with Crippen LogP contribution in [0.2, 0.25) is 0 Å². The van der Waals surface area contributed by atoms with Gasteiger partial charge in [0.25, 0.3) is 0 Å². The van der Waals surface area contributed by atoms with E-state index in [4.69, 9.17) is 0 Å². The van der Waals surface area contributed by atoms with Gasteiger partial charge >= 0.3 is 5.97 Å². The molecule has 0 aliphatic carbocycles. The van der Waals surface area contributed by atoms with Gasteiger partial charge in [-0.15, -0.1) is 0 Å². The van der Waals surface area contributed by atoms with Crippen LogP contribution in [0.15, 0.2) is 54.7 Å². The van der Waals surface area contributed by atoms with Crippen LogP contribution in [-0.4, -0.2) is 32.1 Å². The van der Waals surface area contributed by atoms with Crippen molar-refractivity contribution in [3.63, 3.8) is 0 Å². The van der Waals surface area contributed by atoms with E-state index in [0.717, 1.165) is 22.0 Å². The van der Waals surface area contributed by atoms with Gasteiger partial charge in [0.05, 0.1) is 5.92 Å². The highest BCUT2D eigenvalue weighted by Gasteiger charge is 2.22. The quantitative estimate of drug-likeness (QED) is 0.479. The number of fused-ring (bicyclic) bond motifs is 1. The molecule has 0 saturated heterocycles. The van der Waals surface area contributed by atoms with Gasteiger partial charge in [0.2, 0.25) is 0 Å². The van der Waals surface area contributed by atoms with Gasteiger partial charge in [0.15, 0.2) is 5.78 Å². The number of aromatic nitrogens is 1. The number of nitrogens with one attached hydrogen (secondary N) is 1. The number of aromatic hydroxyl groups is 2. The summed E-state index contributed by atoms with van der Waals surface area (Å²) < 4.78 is 0. The highest BCUT2D eigenvalue weighted by molar-refractivity contribution is 5.96. The fourth-order valence-corrected chi connectivity index (χ4v) is 2.93. The van der Waals surface area contributed by atoms with Gasteiger partial charge in [-0.1, -0.05) is 18.2 Å². The predicted octanol–water partition coefficient (Wildman–Crippen LogP) is 3.50. The summed E-state index contributed by atoms with van der Waals surface area (Å²) >= 11 is 0. The van der Waals surface area contributed by atoms with E-state index < -0.39 is 11.9 Å². The zero-order valence-corrected chi connectivity index (χ0v) is 14.4. The van der Waals surface area contributed by atoms with Gasteiger partial charge in [-0.05, 0) is 54.0 Å². The molecule has 27 heavy (non-hydrogen) atoms. The maximum absolute atomic E-state index is 12.2. The number of carboxylic acids is 1. The maximum atomic E-state index is 12.2. The summed E-state index contributed by atoms with van der Waals surface area (Å²) in [5.74, 6) is -1.98. The number of hydrogen-bond acceptors (Lipinski definition) is 4. The Morgan fingerprint density at radius 3 is 2.44 bits per heavy atom. The standard InChI is InChI=1S/C21H19NO5/c23-16-4-1-13(2-5-16)3-6-17(24)10-14(21(26)27)9-15-12-22-20-8-7-18(25)11-19(15)20/h1-8,11-12,14,22-23,25H,9-10H2,(H,26,27)/b6-3+/t14-/m1/s1. The predicted molar refractivity (Wildman–Crippen MR) is 102 cm³/mol. The van der Waals surface area contributed by atoms with Gasteiger partial charge in [0.1, 0.15) is 11.5 Å². The minimum Gasteiger partial charge on any atom is -0.508 e. The minimum absolute atomic E-state index is 0.100. The molecule has 6 nitrogen and oxygen atoms in total. The molecule has 0 aliphatic rings. The van der Waals surface area contributed by atoms with Crippen molar-refractivity contribution in [2.45, 2.75) is 12.8 Å². The lowest BCUT2D eigenvalue weighted by atomic mass is 9.94. The van der Waals surface area contributed by atoms with E-state index in [9.17, 15) is 24.9 Å². The molecule has 0 unspecified atom stereocenters. The summed E-state index contributed by atoms with van der Waals surface area (Å²) in [6, 6.07) is 11.2. The summed E-state index contributed by atoms with van der Waals surface area (Å²) in [5.41, 5.74) is 2.27. The van der Waals surface area contributed by atoms with Gasteiger partial charge < -0.3 is 20.3 Å². The van der Waals surface area contributed by atoms with Crippen molar-refractivity contribution in [3.8, 4) is 11.5 Å². The van der Waals surface area contributed by atoms with Crippen molar-refractivity contribution < 1.29 is 24.9 Å². The average molecular weight is 365 g/mol. The molecule has 1 atom stereocenters. The molecule has 0 bridgehead atoms. The Balaban J connectivity index is 1.71. The third-order valence-electron chi connectivity index (χ3n) is 4.37. The van der Waals surface area contributed by atoms with Gasteiger partial charge in [0, 0.05) is 23.5 Å². The van der Waals surface area contributed by atoms with Crippen LogP contribution in [0.25, 0.3) is 17.0 Å². The molecule has 3 rings (SSSR count). The molecule has 138 valence electrons. The third kappa shape index (κ3) is 4.55. The smallest absolute Gasteiger partial charge is 0.307 e. The molecule has 2 aromatic carbocycles. The van der Waals surface area contributed by atoms with Crippen molar-refractivity contribution >= 4 is 28.7 Å². The first-order valence-corrected chi connectivity index (χ1v) is 8.44. The van der Waals surface area contributed by atoms with Crippen LogP contribution < -0.4 is 0 Å². The van der Waals surface area contributed by atoms with Crippen molar-refractivity contribution in [2.75, 3.05) is 0 Å². The zero-order valence-electron chi connectivity index (χ0n) is 14.4. The number of benzene rings is 2. The number of carbonyl (C=O) groups excluding carboxylic acids is 1. The topological polar surface area (TPSA) is 111 Å². The Kier molecular flexibility index (Phi) is 5.26. The molecule has 0 saturated carbocycles. The van der Waals surface area contributed by atoms with E-state index in [0.29, 0.717) is 0 Å². The number of hydrogen-bond donors (Lipinski definition) is 4. The van der Waals surface area contributed by atoms with E-state index in [1.807, 2.05) is 0 Å². The molecule has 1 heterocycles. The fourth-order valence-electron chi connectivity index (χ4n) is 2.93. The minimum atomic E-state index is -1.05. The number of carboxylic acid groups (broad SMARTS) is 1. The second-order valence-corrected chi connectivity index (χ2v) is 6.38. The van der Waals surface area contributed by atoms with Crippen LogP contribution in [0.1, 0.15) is 17.5 Å². The Hall–Kier alpha value is -3.54. The van der Waals surface area contributed by atoms with Crippen molar-refractivity contribution in [1.29, 1.82) is 0 Å². The monoisotopic (exact) mass is 365 g/mol. The lowest BCUT2D eigenvalue weighted by molar-refractivity contribution is -0.143. The molecular formula is C21H19NO5. The number of phenols is 2. The van der Waals surface area contributed by atoms with E-state index in [1.165, 1.54) is 18.2 Å². The fraction of sp³-hybridized carbons (Fsp3) is 0.143. The third-order valence-corrected chi connectivity index (χ3v) is 4.37. The van der Waals surface area contributed by atoms with Crippen LogP contribution in [0.4, 0.5) is 0 Å². The van der Waals surface area contributed by atoms with Gasteiger partial charge in [-0.2, -0.15) is 0 Å². The summed E-state index contributed by atoms with van der Waals surface area (Å²) in [6.07, 6.45) is 4.69. The van der Waals surface area contributed by atoms with Gasteiger partial charge in [-0.3, -0.25) is 9.59 Å². The molecule has 3 aromatic rings. The first-order chi connectivity index (χ1) is 12.9. The van der Waals surface area contributed by atoms with Crippen LogP contribution in [-0.2, 0) is 16.0 Å². The molecule has 0 aliphatic heterocycles. The second kappa shape index (κ2) is 7.78. The number of phenolic OH excluding ortho intramolecular Hbond substituents is 2. The average Bonchev–Trinajstić information content (AvgIpc) is 3.02. The summed E-state index contributed by atoms with van der Waals surface area (Å²) in [6.45, 7) is 0. The molecule has 0 radical (unpaired) electrons.